The van der Waals surface area contributed by atoms with Crippen LogP contribution in [0.3, 0.4) is 0 Å². The Hall–Kier alpha value is -3.90. The van der Waals surface area contributed by atoms with Crippen LogP contribution in [0.4, 0.5) is 0 Å². The van der Waals surface area contributed by atoms with Gasteiger partial charge >= 0.3 is 0 Å². The van der Waals surface area contributed by atoms with Gasteiger partial charge in [-0.25, -0.2) is 0 Å². The Balaban J connectivity index is 1.64. The van der Waals surface area contributed by atoms with Crippen molar-refractivity contribution in [3.8, 4) is 5.75 Å². The maximum absolute atomic E-state index is 13.1. The summed E-state index contributed by atoms with van der Waals surface area (Å²) in [5, 5.41) is 11.2. The van der Waals surface area contributed by atoms with Crippen molar-refractivity contribution in [2.75, 3.05) is 20.3 Å². The van der Waals surface area contributed by atoms with Gasteiger partial charge in [0.05, 0.1) is 18.2 Å². The molecule has 1 heterocycles. The number of amides is 1. The van der Waals surface area contributed by atoms with Crippen molar-refractivity contribution >= 4 is 17.4 Å². The summed E-state index contributed by atoms with van der Waals surface area (Å²) >= 11 is 0. The molecular weight excluding hydrogens is 454 g/mol. The number of hydrogen-bond donors (Lipinski definition) is 1. The van der Waals surface area contributed by atoms with Gasteiger partial charge in [-0.1, -0.05) is 55.5 Å². The molecule has 6 heteroatoms. The van der Waals surface area contributed by atoms with Crippen molar-refractivity contribution in [1.82, 2.24) is 4.90 Å². The molecule has 1 aliphatic rings. The number of Topliss-reactive ketones (excluding diaryl/α,β-unsaturated/α-hetero) is 1. The third-order valence-electron chi connectivity index (χ3n) is 6.56. The number of likely N-dealkylation sites (tertiary alicyclic amines) is 1. The quantitative estimate of drug-likeness (QED) is 0.256. The zero-order chi connectivity index (χ0) is 25.7. The Morgan fingerprint density at radius 2 is 1.67 bits per heavy atom. The molecule has 0 spiro atoms. The van der Waals surface area contributed by atoms with Crippen molar-refractivity contribution in [1.29, 1.82) is 0 Å². The summed E-state index contributed by atoms with van der Waals surface area (Å²) in [5.41, 5.74) is 4.68. The van der Waals surface area contributed by atoms with E-state index in [4.69, 9.17) is 9.47 Å². The van der Waals surface area contributed by atoms with Crippen LogP contribution in [-0.4, -0.2) is 42.0 Å². The smallest absolute Gasteiger partial charge is 0.295 e. The van der Waals surface area contributed by atoms with E-state index in [1.165, 1.54) is 4.90 Å². The molecule has 0 aliphatic carbocycles. The van der Waals surface area contributed by atoms with Crippen LogP contribution >= 0.6 is 0 Å². The lowest BCUT2D eigenvalue weighted by Gasteiger charge is -2.25. The van der Waals surface area contributed by atoms with E-state index in [1.54, 1.807) is 31.4 Å². The van der Waals surface area contributed by atoms with Crippen LogP contribution in [0.15, 0.2) is 78.4 Å². The van der Waals surface area contributed by atoms with Gasteiger partial charge in [0.15, 0.2) is 0 Å². The second-order valence-corrected chi connectivity index (χ2v) is 8.82. The van der Waals surface area contributed by atoms with Gasteiger partial charge in [-0.05, 0) is 59.9 Å². The number of carbonyl (C=O) groups excluding carboxylic acids is 2. The minimum atomic E-state index is -0.701. The molecule has 1 fully saturated rings. The fraction of sp³-hybridized carbons (Fsp3) is 0.267. The fourth-order valence-corrected chi connectivity index (χ4v) is 4.38. The molecule has 186 valence electrons. The number of rotatable bonds is 9. The first-order valence-electron chi connectivity index (χ1n) is 12.1. The molecule has 6 nitrogen and oxygen atoms in total. The molecule has 0 radical (unpaired) electrons. The highest BCUT2D eigenvalue weighted by molar-refractivity contribution is 6.46. The molecule has 0 saturated carbocycles. The second-order valence-electron chi connectivity index (χ2n) is 8.82. The monoisotopic (exact) mass is 485 g/mol. The van der Waals surface area contributed by atoms with E-state index in [9.17, 15) is 14.7 Å². The number of carbonyl (C=O) groups is 2. The van der Waals surface area contributed by atoms with Crippen LogP contribution < -0.4 is 4.74 Å². The number of benzene rings is 3. The highest BCUT2D eigenvalue weighted by atomic mass is 16.5. The second kappa shape index (κ2) is 11.2. The minimum Gasteiger partial charge on any atom is -0.507 e. The van der Waals surface area contributed by atoms with Crippen LogP contribution in [0.1, 0.15) is 40.8 Å². The number of methoxy groups -OCH3 is 1. The largest absolute Gasteiger partial charge is 0.507 e. The van der Waals surface area contributed by atoms with Crippen molar-refractivity contribution < 1.29 is 24.2 Å². The molecule has 1 amide bonds. The molecule has 3 aromatic carbocycles. The Kier molecular flexibility index (Phi) is 7.86. The molecule has 1 aliphatic heterocycles. The van der Waals surface area contributed by atoms with Crippen molar-refractivity contribution in [2.45, 2.75) is 32.9 Å². The summed E-state index contributed by atoms with van der Waals surface area (Å²) in [6.45, 7) is 5.05. The maximum Gasteiger partial charge on any atom is 0.295 e. The van der Waals surface area contributed by atoms with Gasteiger partial charge < -0.3 is 19.5 Å². The van der Waals surface area contributed by atoms with E-state index >= 15 is 0 Å². The van der Waals surface area contributed by atoms with E-state index in [0.29, 0.717) is 17.9 Å². The summed E-state index contributed by atoms with van der Waals surface area (Å²) in [6, 6.07) is 22.0. The molecule has 1 saturated heterocycles. The number of aliphatic hydroxyl groups is 1. The Labute approximate surface area is 211 Å². The van der Waals surface area contributed by atoms with Crippen molar-refractivity contribution in [3.63, 3.8) is 0 Å². The van der Waals surface area contributed by atoms with Crippen LogP contribution in [0.25, 0.3) is 5.76 Å². The van der Waals surface area contributed by atoms with Crippen LogP contribution in [0.2, 0.25) is 0 Å². The van der Waals surface area contributed by atoms with Gasteiger partial charge in [0.2, 0.25) is 0 Å². The third-order valence-corrected chi connectivity index (χ3v) is 6.56. The first kappa shape index (κ1) is 25.2. The van der Waals surface area contributed by atoms with Gasteiger partial charge in [0, 0.05) is 19.2 Å². The fourth-order valence-electron chi connectivity index (χ4n) is 4.38. The van der Waals surface area contributed by atoms with Crippen LogP contribution in [0.5, 0.6) is 5.75 Å². The number of hydrogen-bond acceptors (Lipinski definition) is 5. The van der Waals surface area contributed by atoms with E-state index in [2.05, 4.69) is 6.92 Å². The summed E-state index contributed by atoms with van der Waals surface area (Å²) in [6.07, 6.45) is 0.877. The van der Waals surface area contributed by atoms with Crippen LogP contribution in [-0.2, 0) is 27.4 Å². The van der Waals surface area contributed by atoms with Gasteiger partial charge in [-0.2, -0.15) is 0 Å². The lowest BCUT2D eigenvalue weighted by molar-refractivity contribution is -0.140. The standard InChI is InChI=1S/C30H31NO5/c1-4-21-9-11-22(12-10-21)27-26(29(33)30(34)31(27)17-18-35-3)28(32)23-13-15-25(16-14-23)36-19-24-8-6-5-7-20(24)2/h5-16,27,32H,4,17-19H2,1-3H3/b28-26+. The first-order chi connectivity index (χ1) is 17.4. The lowest BCUT2D eigenvalue weighted by atomic mass is 9.94. The Morgan fingerprint density at radius 3 is 2.31 bits per heavy atom. The van der Waals surface area contributed by atoms with Crippen LogP contribution in [0, 0.1) is 6.92 Å². The van der Waals surface area contributed by atoms with Gasteiger partial charge in [-0.15, -0.1) is 0 Å². The summed E-state index contributed by atoms with van der Waals surface area (Å²) in [7, 11) is 1.55. The minimum absolute atomic E-state index is 0.0777. The van der Waals surface area contributed by atoms with Crippen molar-refractivity contribution in [3.05, 3.63) is 106 Å². The number of aryl methyl sites for hydroxylation is 2. The molecular formula is C30H31NO5. The number of aliphatic hydroxyl groups excluding tert-OH is 1. The van der Waals surface area contributed by atoms with E-state index in [-0.39, 0.29) is 24.5 Å². The predicted octanol–water partition coefficient (Wildman–Crippen LogP) is 5.20. The average molecular weight is 486 g/mol. The van der Waals surface area contributed by atoms with Gasteiger partial charge in [0.25, 0.3) is 11.7 Å². The van der Waals surface area contributed by atoms with E-state index in [0.717, 1.165) is 28.7 Å². The lowest BCUT2D eigenvalue weighted by Crippen LogP contribution is -2.32. The molecule has 3 aromatic rings. The predicted molar refractivity (Wildman–Crippen MR) is 139 cm³/mol. The number of nitrogens with zero attached hydrogens (tertiary/aromatic N) is 1. The maximum atomic E-state index is 13.1. The van der Waals surface area contributed by atoms with E-state index < -0.39 is 17.7 Å². The third kappa shape index (κ3) is 5.19. The molecule has 0 aromatic heterocycles. The molecule has 1 unspecified atom stereocenters. The summed E-state index contributed by atoms with van der Waals surface area (Å²) in [5.74, 6) is -0.908. The van der Waals surface area contributed by atoms with Gasteiger partial charge in [-0.3, -0.25) is 9.59 Å². The average Bonchev–Trinajstić information content (AvgIpc) is 3.16. The normalized spacial score (nSPS) is 17.0. The molecule has 0 bridgehead atoms. The molecule has 36 heavy (non-hydrogen) atoms. The highest BCUT2D eigenvalue weighted by Crippen LogP contribution is 2.39. The molecule has 1 atom stereocenters. The number of ketones is 1. The summed E-state index contributed by atoms with van der Waals surface area (Å²) in [4.78, 5) is 27.5. The summed E-state index contributed by atoms with van der Waals surface area (Å²) < 4.78 is 11.1. The topological polar surface area (TPSA) is 76.1 Å². The van der Waals surface area contributed by atoms with E-state index in [1.807, 2.05) is 55.5 Å². The number of ether oxygens (including phenoxy) is 2. The highest BCUT2D eigenvalue weighted by Gasteiger charge is 2.45. The molecule has 1 N–H and O–H groups in total. The Morgan fingerprint density at radius 1 is 0.972 bits per heavy atom. The van der Waals surface area contributed by atoms with Gasteiger partial charge in [0.1, 0.15) is 18.1 Å². The Bertz CT molecular complexity index is 1260. The molecule has 4 rings (SSSR count). The van der Waals surface area contributed by atoms with Crippen molar-refractivity contribution in [2.24, 2.45) is 0 Å². The first-order valence-corrected chi connectivity index (χ1v) is 12.1. The SMILES string of the molecule is CCc1ccc(C2/C(=C(\O)c3ccc(OCc4ccccc4C)cc3)C(=O)C(=O)N2CCOC)cc1. The zero-order valence-corrected chi connectivity index (χ0v) is 20.9. The zero-order valence-electron chi connectivity index (χ0n) is 20.9.